The van der Waals surface area contributed by atoms with E-state index in [9.17, 15) is 0 Å². The molecule has 0 radical (unpaired) electrons. The summed E-state index contributed by atoms with van der Waals surface area (Å²) in [5, 5.41) is 0.666. The largest absolute Gasteiger partial charge is 0.353 e. The summed E-state index contributed by atoms with van der Waals surface area (Å²) in [6.07, 6.45) is 3.62. The summed E-state index contributed by atoms with van der Waals surface area (Å²) in [5.41, 5.74) is 0.942. The maximum absolute atomic E-state index is 6.31. The van der Waals surface area contributed by atoms with Gasteiger partial charge in [0.2, 0.25) is 0 Å². The van der Waals surface area contributed by atoms with Crippen molar-refractivity contribution < 1.29 is 0 Å². The molecule has 0 saturated carbocycles. The van der Waals surface area contributed by atoms with Crippen molar-refractivity contribution in [3.63, 3.8) is 0 Å². The highest BCUT2D eigenvalue weighted by Crippen LogP contribution is 2.26. The van der Waals surface area contributed by atoms with Crippen molar-refractivity contribution >= 4 is 34.8 Å². The number of anilines is 2. The lowest BCUT2D eigenvalue weighted by Crippen LogP contribution is -2.47. The van der Waals surface area contributed by atoms with Crippen molar-refractivity contribution in [2.24, 2.45) is 0 Å². The zero-order chi connectivity index (χ0) is 14.7. The number of nitrogens with zero attached hydrogens (tertiary/aromatic N) is 4. The Balaban J connectivity index is 1.68. The molecule has 0 aliphatic carbocycles. The van der Waals surface area contributed by atoms with Crippen molar-refractivity contribution in [3.8, 4) is 0 Å². The Bertz CT molecular complexity index is 598. The molecule has 110 valence electrons. The molecule has 0 unspecified atom stereocenters. The number of rotatable bonds is 3. The van der Waals surface area contributed by atoms with Crippen LogP contribution in [0.4, 0.5) is 11.6 Å². The molecule has 0 spiro atoms. The summed E-state index contributed by atoms with van der Waals surface area (Å²) in [7, 11) is 0. The molecule has 6 heteroatoms. The van der Waals surface area contributed by atoms with Crippen LogP contribution in [0.25, 0.3) is 0 Å². The van der Waals surface area contributed by atoms with Gasteiger partial charge in [-0.1, -0.05) is 17.7 Å². The highest BCUT2D eigenvalue weighted by atomic mass is 35.5. The van der Waals surface area contributed by atoms with Crippen LogP contribution in [-0.4, -0.2) is 36.1 Å². The molecule has 2 aromatic heterocycles. The molecule has 21 heavy (non-hydrogen) atoms. The first-order chi connectivity index (χ1) is 10.3. The van der Waals surface area contributed by atoms with Crippen LogP contribution in [-0.2, 0) is 5.88 Å². The first-order valence-corrected chi connectivity index (χ1v) is 7.80. The number of halogens is 2. The summed E-state index contributed by atoms with van der Waals surface area (Å²) < 4.78 is 0. The van der Waals surface area contributed by atoms with Gasteiger partial charge in [0, 0.05) is 44.5 Å². The third kappa shape index (κ3) is 3.22. The Morgan fingerprint density at radius 1 is 1.05 bits per heavy atom. The van der Waals surface area contributed by atoms with E-state index in [2.05, 4.69) is 19.8 Å². The first-order valence-electron chi connectivity index (χ1n) is 6.89. The Morgan fingerprint density at radius 2 is 1.81 bits per heavy atom. The van der Waals surface area contributed by atoms with Gasteiger partial charge in [-0.15, -0.1) is 11.6 Å². The van der Waals surface area contributed by atoms with Gasteiger partial charge in [-0.2, -0.15) is 0 Å². The molecule has 3 rings (SSSR count). The van der Waals surface area contributed by atoms with Gasteiger partial charge in [-0.05, 0) is 23.8 Å². The molecule has 1 fully saturated rings. The van der Waals surface area contributed by atoms with Crippen LogP contribution in [0.3, 0.4) is 0 Å². The third-order valence-electron chi connectivity index (χ3n) is 3.59. The summed E-state index contributed by atoms with van der Waals surface area (Å²) in [5.74, 6) is 2.29. The maximum atomic E-state index is 6.31. The number of aromatic nitrogens is 2. The highest BCUT2D eigenvalue weighted by molar-refractivity contribution is 6.33. The Hall–Kier alpha value is -1.52. The van der Waals surface area contributed by atoms with Crippen LogP contribution in [0.2, 0.25) is 5.02 Å². The van der Waals surface area contributed by atoms with E-state index in [-0.39, 0.29) is 0 Å². The maximum Gasteiger partial charge on any atom is 0.147 e. The topological polar surface area (TPSA) is 32.3 Å². The minimum absolute atomic E-state index is 0.431. The second-order valence-electron chi connectivity index (χ2n) is 4.94. The van der Waals surface area contributed by atoms with Crippen LogP contribution >= 0.6 is 23.2 Å². The predicted molar refractivity (Wildman–Crippen MR) is 87.5 cm³/mol. The molecule has 2 aromatic rings. The fourth-order valence-electron chi connectivity index (χ4n) is 2.46. The van der Waals surface area contributed by atoms with Crippen molar-refractivity contribution in [2.75, 3.05) is 36.0 Å². The lowest BCUT2D eigenvalue weighted by molar-refractivity contribution is 0.641. The van der Waals surface area contributed by atoms with E-state index in [1.807, 2.05) is 30.5 Å². The minimum atomic E-state index is 0.431. The molecule has 0 amide bonds. The minimum Gasteiger partial charge on any atom is -0.353 e. The van der Waals surface area contributed by atoms with E-state index in [0.717, 1.165) is 43.4 Å². The second-order valence-corrected chi connectivity index (χ2v) is 5.62. The van der Waals surface area contributed by atoms with Crippen LogP contribution in [0.5, 0.6) is 0 Å². The van der Waals surface area contributed by atoms with E-state index < -0.39 is 0 Å². The van der Waals surface area contributed by atoms with E-state index in [4.69, 9.17) is 23.2 Å². The van der Waals surface area contributed by atoms with Gasteiger partial charge in [0.25, 0.3) is 0 Å². The van der Waals surface area contributed by atoms with Crippen molar-refractivity contribution in [3.05, 3.63) is 47.2 Å². The van der Waals surface area contributed by atoms with Crippen LogP contribution < -0.4 is 9.80 Å². The molecule has 0 aromatic carbocycles. The third-order valence-corrected chi connectivity index (χ3v) is 4.17. The van der Waals surface area contributed by atoms with E-state index >= 15 is 0 Å². The summed E-state index contributed by atoms with van der Waals surface area (Å²) >= 11 is 12.1. The van der Waals surface area contributed by atoms with Gasteiger partial charge >= 0.3 is 0 Å². The Labute approximate surface area is 134 Å². The van der Waals surface area contributed by atoms with Crippen LogP contribution in [0.15, 0.2) is 36.7 Å². The summed E-state index contributed by atoms with van der Waals surface area (Å²) in [4.78, 5) is 13.3. The molecular formula is C15H16Cl2N4. The monoisotopic (exact) mass is 322 g/mol. The standard InChI is InChI=1S/C15H16Cl2N4/c16-10-12-9-13(17)15(19-11-12)21-7-5-20(6-8-21)14-3-1-2-4-18-14/h1-4,9,11H,5-8,10H2. The SMILES string of the molecule is ClCc1cnc(N2CCN(c3ccccn3)CC2)c(Cl)c1. The smallest absolute Gasteiger partial charge is 0.147 e. The van der Waals surface area contributed by atoms with Gasteiger partial charge in [-0.3, -0.25) is 0 Å². The number of hydrogen-bond donors (Lipinski definition) is 0. The van der Waals surface area contributed by atoms with Crippen molar-refractivity contribution in [1.29, 1.82) is 0 Å². The van der Waals surface area contributed by atoms with E-state index in [0.29, 0.717) is 10.9 Å². The molecule has 4 nitrogen and oxygen atoms in total. The quantitative estimate of drug-likeness (QED) is 0.812. The fourth-order valence-corrected chi connectivity index (χ4v) is 2.92. The second kappa shape index (κ2) is 6.50. The zero-order valence-corrected chi connectivity index (χ0v) is 13.1. The molecule has 0 bridgehead atoms. The molecule has 1 saturated heterocycles. The number of piperazine rings is 1. The van der Waals surface area contributed by atoms with Gasteiger partial charge in [0.1, 0.15) is 11.6 Å². The van der Waals surface area contributed by atoms with Gasteiger partial charge < -0.3 is 9.80 Å². The molecule has 0 N–H and O–H groups in total. The normalized spacial score (nSPS) is 15.3. The van der Waals surface area contributed by atoms with Crippen LogP contribution in [0.1, 0.15) is 5.56 Å². The lowest BCUT2D eigenvalue weighted by atomic mass is 10.2. The molecule has 3 heterocycles. The van der Waals surface area contributed by atoms with E-state index in [1.54, 1.807) is 6.20 Å². The van der Waals surface area contributed by atoms with Crippen molar-refractivity contribution in [2.45, 2.75) is 5.88 Å². The number of pyridine rings is 2. The van der Waals surface area contributed by atoms with Crippen LogP contribution in [0, 0.1) is 0 Å². The molecular weight excluding hydrogens is 307 g/mol. The summed E-state index contributed by atoms with van der Waals surface area (Å²) in [6.45, 7) is 3.57. The average molecular weight is 323 g/mol. The molecule has 1 aliphatic heterocycles. The predicted octanol–water partition coefficient (Wildman–Crippen LogP) is 3.20. The van der Waals surface area contributed by atoms with E-state index in [1.165, 1.54) is 0 Å². The highest BCUT2D eigenvalue weighted by Gasteiger charge is 2.20. The average Bonchev–Trinajstić information content (AvgIpc) is 2.56. The molecule has 0 atom stereocenters. The summed E-state index contributed by atoms with van der Waals surface area (Å²) in [6, 6.07) is 7.87. The number of hydrogen-bond acceptors (Lipinski definition) is 4. The Morgan fingerprint density at radius 3 is 2.43 bits per heavy atom. The van der Waals surface area contributed by atoms with Crippen molar-refractivity contribution in [1.82, 2.24) is 9.97 Å². The molecule has 1 aliphatic rings. The van der Waals surface area contributed by atoms with Gasteiger partial charge in [0.05, 0.1) is 5.02 Å². The van der Waals surface area contributed by atoms with Gasteiger partial charge in [0.15, 0.2) is 0 Å². The first kappa shape index (κ1) is 14.4. The zero-order valence-electron chi connectivity index (χ0n) is 11.5. The number of alkyl halides is 1. The lowest BCUT2D eigenvalue weighted by Gasteiger charge is -2.36. The van der Waals surface area contributed by atoms with Gasteiger partial charge in [-0.25, -0.2) is 9.97 Å². The Kier molecular flexibility index (Phi) is 4.46. The fraction of sp³-hybridized carbons (Fsp3) is 0.333.